The summed E-state index contributed by atoms with van der Waals surface area (Å²) in [5, 5.41) is 9.64. The molecule has 94 valence electrons. The average molecular weight is 310 g/mol. The molecule has 0 unspecified atom stereocenters. The molecule has 2 rings (SSSR count). The highest BCUT2D eigenvalue weighted by molar-refractivity contribution is 9.10. The lowest BCUT2D eigenvalue weighted by Crippen LogP contribution is -2.16. The van der Waals surface area contributed by atoms with Crippen molar-refractivity contribution in [2.24, 2.45) is 7.05 Å². The molecule has 6 nitrogen and oxygen atoms in total. The van der Waals surface area contributed by atoms with Crippen LogP contribution in [0.4, 0.5) is 11.6 Å². The molecule has 2 heterocycles. The Morgan fingerprint density at radius 2 is 2.28 bits per heavy atom. The van der Waals surface area contributed by atoms with E-state index >= 15 is 0 Å². The molecule has 0 spiro atoms. The second kappa shape index (κ2) is 5.18. The van der Waals surface area contributed by atoms with E-state index < -0.39 is 0 Å². The second-order valence-electron chi connectivity index (χ2n) is 3.59. The monoisotopic (exact) mass is 309 g/mol. The Hall–Kier alpha value is -1.89. The zero-order valence-corrected chi connectivity index (χ0v) is 11.5. The quantitative estimate of drug-likeness (QED) is 0.908. The predicted molar refractivity (Wildman–Crippen MR) is 72.6 cm³/mol. The Labute approximate surface area is 113 Å². The SMILES string of the molecule is CNc1ncc(Br)cc1C(=O)Nc1ccnn1C. The summed E-state index contributed by atoms with van der Waals surface area (Å²) in [6, 6.07) is 3.44. The molecule has 2 aromatic heterocycles. The lowest BCUT2D eigenvalue weighted by molar-refractivity contribution is 0.102. The van der Waals surface area contributed by atoms with E-state index in [1.807, 2.05) is 0 Å². The van der Waals surface area contributed by atoms with Crippen molar-refractivity contribution in [2.45, 2.75) is 0 Å². The third kappa shape index (κ3) is 2.51. The van der Waals surface area contributed by atoms with Crippen LogP contribution < -0.4 is 10.6 Å². The van der Waals surface area contributed by atoms with E-state index in [4.69, 9.17) is 0 Å². The van der Waals surface area contributed by atoms with Crippen LogP contribution >= 0.6 is 15.9 Å². The number of anilines is 2. The first-order valence-corrected chi connectivity index (χ1v) is 6.03. The van der Waals surface area contributed by atoms with Crippen LogP contribution in [-0.4, -0.2) is 27.7 Å². The minimum Gasteiger partial charge on any atom is -0.372 e. The molecule has 7 heteroatoms. The summed E-state index contributed by atoms with van der Waals surface area (Å²) in [6.45, 7) is 0. The highest BCUT2D eigenvalue weighted by atomic mass is 79.9. The maximum Gasteiger partial charge on any atom is 0.260 e. The van der Waals surface area contributed by atoms with E-state index in [0.717, 1.165) is 4.47 Å². The predicted octanol–water partition coefficient (Wildman–Crippen LogP) is 1.87. The van der Waals surface area contributed by atoms with Crippen molar-refractivity contribution in [1.29, 1.82) is 0 Å². The number of hydrogen-bond acceptors (Lipinski definition) is 4. The number of pyridine rings is 1. The molecule has 0 atom stereocenters. The minimum atomic E-state index is -0.239. The van der Waals surface area contributed by atoms with Crippen molar-refractivity contribution in [1.82, 2.24) is 14.8 Å². The van der Waals surface area contributed by atoms with Gasteiger partial charge in [-0.3, -0.25) is 9.48 Å². The molecular formula is C11H12BrN5O. The Bertz CT molecular complexity index is 581. The van der Waals surface area contributed by atoms with Crippen molar-refractivity contribution in [3.63, 3.8) is 0 Å². The topological polar surface area (TPSA) is 71.8 Å². The molecule has 0 aromatic carbocycles. The van der Waals surface area contributed by atoms with Crippen molar-refractivity contribution in [3.8, 4) is 0 Å². The fourth-order valence-electron chi connectivity index (χ4n) is 1.49. The second-order valence-corrected chi connectivity index (χ2v) is 4.51. The van der Waals surface area contributed by atoms with Gasteiger partial charge >= 0.3 is 0 Å². The van der Waals surface area contributed by atoms with Crippen molar-refractivity contribution < 1.29 is 4.79 Å². The Morgan fingerprint density at radius 1 is 1.50 bits per heavy atom. The molecule has 2 aromatic rings. The van der Waals surface area contributed by atoms with Gasteiger partial charge in [-0.2, -0.15) is 5.10 Å². The van der Waals surface area contributed by atoms with Gasteiger partial charge in [-0.1, -0.05) is 0 Å². The molecule has 2 N–H and O–H groups in total. The highest BCUT2D eigenvalue weighted by Crippen LogP contribution is 2.19. The van der Waals surface area contributed by atoms with Gasteiger partial charge in [-0.15, -0.1) is 0 Å². The van der Waals surface area contributed by atoms with E-state index in [1.54, 1.807) is 43.3 Å². The van der Waals surface area contributed by atoms with Crippen LogP contribution in [0.25, 0.3) is 0 Å². The first-order chi connectivity index (χ1) is 8.61. The zero-order valence-electron chi connectivity index (χ0n) is 9.94. The average Bonchev–Trinajstić information content (AvgIpc) is 2.75. The molecule has 0 fully saturated rings. The van der Waals surface area contributed by atoms with Gasteiger partial charge in [0.2, 0.25) is 0 Å². The van der Waals surface area contributed by atoms with E-state index in [9.17, 15) is 4.79 Å². The number of carbonyl (C=O) groups is 1. The first kappa shape index (κ1) is 12.6. The number of nitrogens with one attached hydrogen (secondary N) is 2. The number of halogens is 1. The Balaban J connectivity index is 2.29. The van der Waals surface area contributed by atoms with Gasteiger partial charge in [0.1, 0.15) is 11.6 Å². The standard InChI is InChI=1S/C11H12BrN5O/c1-13-10-8(5-7(12)6-14-10)11(18)16-9-3-4-15-17(9)2/h3-6H,1-2H3,(H,13,14)(H,16,18). The summed E-state index contributed by atoms with van der Waals surface area (Å²) in [7, 11) is 3.48. The van der Waals surface area contributed by atoms with Gasteiger partial charge in [0.15, 0.2) is 0 Å². The number of hydrogen-bond donors (Lipinski definition) is 2. The summed E-state index contributed by atoms with van der Waals surface area (Å²) < 4.78 is 2.33. The normalized spacial score (nSPS) is 10.2. The minimum absolute atomic E-state index is 0.239. The largest absolute Gasteiger partial charge is 0.372 e. The molecule has 0 saturated carbocycles. The van der Waals surface area contributed by atoms with Crippen LogP contribution in [0, 0.1) is 0 Å². The van der Waals surface area contributed by atoms with Crippen LogP contribution in [0.2, 0.25) is 0 Å². The smallest absolute Gasteiger partial charge is 0.260 e. The van der Waals surface area contributed by atoms with Crippen LogP contribution in [0.3, 0.4) is 0 Å². The molecule has 0 radical (unpaired) electrons. The molecule has 0 saturated heterocycles. The Kier molecular flexibility index (Phi) is 3.61. The molecule has 18 heavy (non-hydrogen) atoms. The fourth-order valence-corrected chi connectivity index (χ4v) is 1.82. The molecule has 0 aliphatic carbocycles. The third-order valence-corrected chi connectivity index (χ3v) is 2.83. The highest BCUT2D eigenvalue weighted by Gasteiger charge is 2.14. The lowest BCUT2D eigenvalue weighted by Gasteiger charge is -2.09. The summed E-state index contributed by atoms with van der Waals surface area (Å²) in [6.07, 6.45) is 3.25. The maximum absolute atomic E-state index is 12.1. The number of aromatic nitrogens is 3. The van der Waals surface area contributed by atoms with E-state index in [1.165, 1.54) is 0 Å². The lowest BCUT2D eigenvalue weighted by atomic mass is 10.2. The number of nitrogens with zero attached hydrogens (tertiary/aromatic N) is 3. The molecule has 0 bridgehead atoms. The van der Waals surface area contributed by atoms with Gasteiger partial charge in [-0.05, 0) is 22.0 Å². The molecular weight excluding hydrogens is 298 g/mol. The van der Waals surface area contributed by atoms with Gasteiger partial charge in [0, 0.05) is 30.8 Å². The van der Waals surface area contributed by atoms with Crippen LogP contribution in [0.1, 0.15) is 10.4 Å². The third-order valence-electron chi connectivity index (χ3n) is 2.40. The van der Waals surface area contributed by atoms with Gasteiger partial charge in [-0.25, -0.2) is 4.98 Å². The van der Waals surface area contributed by atoms with Crippen molar-refractivity contribution >= 4 is 33.5 Å². The van der Waals surface area contributed by atoms with E-state index in [0.29, 0.717) is 17.2 Å². The first-order valence-electron chi connectivity index (χ1n) is 5.24. The van der Waals surface area contributed by atoms with Crippen molar-refractivity contribution in [2.75, 3.05) is 17.7 Å². The summed E-state index contributed by atoms with van der Waals surface area (Å²) in [4.78, 5) is 16.3. The van der Waals surface area contributed by atoms with Crippen LogP contribution in [-0.2, 0) is 7.05 Å². The van der Waals surface area contributed by atoms with Crippen LogP contribution in [0.15, 0.2) is 29.0 Å². The number of rotatable bonds is 3. The molecule has 0 aliphatic rings. The van der Waals surface area contributed by atoms with Gasteiger partial charge < -0.3 is 10.6 Å². The fraction of sp³-hybridized carbons (Fsp3) is 0.182. The zero-order chi connectivity index (χ0) is 13.1. The number of amides is 1. The van der Waals surface area contributed by atoms with Crippen LogP contribution in [0.5, 0.6) is 0 Å². The van der Waals surface area contributed by atoms with Crippen molar-refractivity contribution in [3.05, 3.63) is 34.6 Å². The van der Waals surface area contributed by atoms with Gasteiger partial charge in [0.25, 0.3) is 5.91 Å². The summed E-state index contributed by atoms with van der Waals surface area (Å²) in [5.41, 5.74) is 0.466. The Morgan fingerprint density at radius 3 is 2.89 bits per heavy atom. The number of aryl methyl sites for hydroxylation is 1. The van der Waals surface area contributed by atoms with E-state index in [2.05, 4.69) is 36.6 Å². The maximum atomic E-state index is 12.1. The summed E-state index contributed by atoms with van der Waals surface area (Å²) >= 11 is 3.30. The van der Waals surface area contributed by atoms with Gasteiger partial charge in [0.05, 0.1) is 11.8 Å². The molecule has 0 aliphatic heterocycles. The molecule has 1 amide bonds. The summed E-state index contributed by atoms with van der Waals surface area (Å²) in [5.74, 6) is 0.914. The number of carbonyl (C=O) groups excluding carboxylic acids is 1. The van der Waals surface area contributed by atoms with E-state index in [-0.39, 0.29) is 5.91 Å².